The molecule has 0 aliphatic carbocycles. The Morgan fingerprint density at radius 1 is 1.29 bits per heavy atom. The van der Waals surface area contributed by atoms with Crippen molar-refractivity contribution in [3.05, 3.63) is 52.3 Å². The highest BCUT2D eigenvalue weighted by Gasteiger charge is 2.04. The zero-order valence-corrected chi connectivity index (χ0v) is 12.9. The summed E-state index contributed by atoms with van der Waals surface area (Å²) in [4.78, 5) is 8.55. The van der Waals surface area contributed by atoms with E-state index >= 15 is 0 Å². The van der Waals surface area contributed by atoms with Crippen LogP contribution < -0.4 is 5.43 Å². The number of aromatic nitrogens is 2. The molecule has 0 saturated carbocycles. The molecule has 0 radical (unpaired) electrons. The first-order valence-corrected chi connectivity index (χ1v) is 6.81. The lowest BCUT2D eigenvalue weighted by atomic mass is 10.1. The zero-order chi connectivity index (χ0) is 15.2. The Bertz CT molecular complexity index is 741. The molecule has 0 saturated heterocycles. The zero-order valence-electron chi connectivity index (χ0n) is 12.1. The predicted molar refractivity (Wildman–Crippen MR) is 86.6 cm³/mol. The largest absolute Gasteiger partial charge is 0.245 e. The van der Waals surface area contributed by atoms with Gasteiger partial charge in [0.15, 0.2) is 0 Å². The molecule has 0 aliphatic heterocycles. The SMILES string of the molecule is CC#Cc1cc(C)nc(N/N=C(/C)c2ccccc2Cl)n1. The molecule has 1 heterocycles. The number of anilines is 1. The van der Waals surface area contributed by atoms with Crippen LogP contribution in [0.4, 0.5) is 5.95 Å². The Morgan fingerprint density at radius 2 is 2.05 bits per heavy atom. The fraction of sp³-hybridized carbons (Fsp3) is 0.188. The molecule has 106 valence electrons. The first kappa shape index (κ1) is 15.0. The van der Waals surface area contributed by atoms with Gasteiger partial charge in [0, 0.05) is 16.3 Å². The molecule has 1 aromatic heterocycles. The van der Waals surface area contributed by atoms with Crippen molar-refractivity contribution in [2.45, 2.75) is 20.8 Å². The molecule has 0 unspecified atom stereocenters. The van der Waals surface area contributed by atoms with Gasteiger partial charge in [0.2, 0.25) is 5.95 Å². The highest BCUT2D eigenvalue weighted by Crippen LogP contribution is 2.16. The fourth-order valence-corrected chi connectivity index (χ4v) is 2.03. The van der Waals surface area contributed by atoms with Crippen molar-refractivity contribution in [3.8, 4) is 11.8 Å². The van der Waals surface area contributed by atoms with E-state index in [1.54, 1.807) is 6.92 Å². The van der Waals surface area contributed by atoms with E-state index in [1.165, 1.54) is 0 Å². The molecular weight excluding hydrogens is 284 g/mol. The van der Waals surface area contributed by atoms with Gasteiger partial charge in [0.25, 0.3) is 0 Å². The van der Waals surface area contributed by atoms with Crippen LogP contribution in [0.25, 0.3) is 0 Å². The topological polar surface area (TPSA) is 50.2 Å². The van der Waals surface area contributed by atoms with Crippen molar-refractivity contribution in [2.24, 2.45) is 5.10 Å². The monoisotopic (exact) mass is 298 g/mol. The second-order valence-corrected chi connectivity index (χ2v) is 4.79. The Morgan fingerprint density at radius 3 is 2.76 bits per heavy atom. The van der Waals surface area contributed by atoms with E-state index in [-0.39, 0.29) is 0 Å². The quantitative estimate of drug-likeness (QED) is 0.534. The number of hydrogen-bond donors (Lipinski definition) is 1. The van der Waals surface area contributed by atoms with Gasteiger partial charge in [-0.2, -0.15) is 5.10 Å². The number of halogens is 1. The van der Waals surface area contributed by atoms with Crippen molar-refractivity contribution in [1.82, 2.24) is 9.97 Å². The minimum atomic E-state index is 0.416. The Balaban J connectivity index is 2.24. The molecule has 0 aliphatic rings. The van der Waals surface area contributed by atoms with Crippen molar-refractivity contribution >= 4 is 23.3 Å². The number of aryl methyl sites for hydroxylation is 1. The van der Waals surface area contributed by atoms with Crippen molar-refractivity contribution in [1.29, 1.82) is 0 Å². The molecular formula is C16H15ClN4. The summed E-state index contributed by atoms with van der Waals surface area (Å²) in [6.45, 7) is 5.53. The minimum absolute atomic E-state index is 0.416. The van der Waals surface area contributed by atoms with Gasteiger partial charge in [-0.15, -0.1) is 0 Å². The Kier molecular flexibility index (Phi) is 4.91. The van der Waals surface area contributed by atoms with Crippen LogP contribution in [0, 0.1) is 18.8 Å². The number of nitrogens with one attached hydrogen (secondary N) is 1. The summed E-state index contributed by atoms with van der Waals surface area (Å²) in [5.74, 6) is 6.14. The lowest BCUT2D eigenvalue weighted by molar-refractivity contribution is 1.06. The standard InChI is InChI=1S/C16H15ClN4/c1-4-7-13-10-11(2)18-16(19-13)21-20-12(3)14-8-5-6-9-15(14)17/h5-6,8-10H,1-3H3,(H,18,19,21)/b20-12-. The summed E-state index contributed by atoms with van der Waals surface area (Å²) in [5.41, 5.74) is 5.97. The molecule has 4 nitrogen and oxygen atoms in total. The van der Waals surface area contributed by atoms with Crippen molar-refractivity contribution in [3.63, 3.8) is 0 Å². The molecule has 0 bridgehead atoms. The Labute approximate surface area is 129 Å². The number of nitrogens with zero attached hydrogens (tertiary/aromatic N) is 3. The third-order valence-electron chi connectivity index (χ3n) is 2.69. The van der Waals surface area contributed by atoms with E-state index in [0.29, 0.717) is 16.7 Å². The minimum Gasteiger partial charge on any atom is -0.245 e. The summed E-state index contributed by atoms with van der Waals surface area (Å²) < 4.78 is 0. The van der Waals surface area contributed by atoms with Crippen LogP contribution in [0.15, 0.2) is 35.4 Å². The second-order valence-electron chi connectivity index (χ2n) is 4.38. The molecule has 5 heteroatoms. The maximum Gasteiger partial charge on any atom is 0.244 e. The Hall–Kier alpha value is -2.38. The maximum atomic E-state index is 6.13. The van der Waals surface area contributed by atoms with Crippen molar-refractivity contribution < 1.29 is 0 Å². The molecule has 0 atom stereocenters. The van der Waals surface area contributed by atoms with E-state index in [2.05, 4.69) is 32.3 Å². The number of benzene rings is 1. The lowest BCUT2D eigenvalue weighted by Gasteiger charge is -2.05. The summed E-state index contributed by atoms with van der Waals surface area (Å²) in [5, 5.41) is 4.93. The van der Waals surface area contributed by atoms with Crippen LogP contribution >= 0.6 is 11.6 Å². The van der Waals surface area contributed by atoms with Gasteiger partial charge in [-0.05, 0) is 38.8 Å². The first-order valence-electron chi connectivity index (χ1n) is 6.44. The summed E-state index contributed by atoms with van der Waals surface area (Å²) in [7, 11) is 0. The highest BCUT2D eigenvalue weighted by atomic mass is 35.5. The third-order valence-corrected chi connectivity index (χ3v) is 3.02. The van der Waals surface area contributed by atoms with E-state index in [1.807, 2.05) is 44.2 Å². The average molecular weight is 299 g/mol. The van der Waals surface area contributed by atoms with Crippen LogP contribution in [-0.4, -0.2) is 15.7 Å². The van der Waals surface area contributed by atoms with Crippen LogP contribution in [0.1, 0.15) is 30.8 Å². The van der Waals surface area contributed by atoms with Gasteiger partial charge in [0.05, 0.1) is 5.71 Å². The van der Waals surface area contributed by atoms with E-state index < -0.39 is 0 Å². The molecule has 0 amide bonds. The molecule has 1 N–H and O–H groups in total. The van der Waals surface area contributed by atoms with E-state index in [9.17, 15) is 0 Å². The summed E-state index contributed by atoms with van der Waals surface area (Å²) in [6, 6.07) is 9.36. The number of rotatable bonds is 3. The summed E-state index contributed by atoms with van der Waals surface area (Å²) in [6.07, 6.45) is 0. The maximum absolute atomic E-state index is 6.13. The van der Waals surface area contributed by atoms with Crippen LogP contribution in [0.3, 0.4) is 0 Å². The molecule has 0 fully saturated rings. The van der Waals surface area contributed by atoms with Gasteiger partial charge < -0.3 is 0 Å². The number of hydrogen-bond acceptors (Lipinski definition) is 4. The first-order chi connectivity index (χ1) is 10.1. The second kappa shape index (κ2) is 6.87. The lowest BCUT2D eigenvalue weighted by Crippen LogP contribution is -2.04. The molecule has 2 aromatic rings. The molecule has 0 spiro atoms. The van der Waals surface area contributed by atoms with Gasteiger partial charge in [0.1, 0.15) is 5.69 Å². The fourth-order valence-electron chi connectivity index (χ4n) is 1.76. The van der Waals surface area contributed by atoms with Crippen LogP contribution in [0.5, 0.6) is 0 Å². The van der Waals surface area contributed by atoms with Gasteiger partial charge in [-0.25, -0.2) is 15.4 Å². The van der Waals surface area contributed by atoms with Gasteiger partial charge in [-0.1, -0.05) is 35.7 Å². The van der Waals surface area contributed by atoms with Gasteiger partial charge in [-0.3, -0.25) is 0 Å². The summed E-state index contributed by atoms with van der Waals surface area (Å²) >= 11 is 6.13. The normalized spacial score (nSPS) is 10.8. The third kappa shape index (κ3) is 4.04. The highest BCUT2D eigenvalue weighted by molar-refractivity contribution is 6.34. The van der Waals surface area contributed by atoms with Crippen LogP contribution in [0.2, 0.25) is 5.02 Å². The van der Waals surface area contributed by atoms with Crippen molar-refractivity contribution in [2.75, 3.05) is 5.43 Å². The van der Waals surface area contributed by atoms with E-state index in [4.69, 9.17) is 11.6 Å². The average Bonchev–Trinajstić information content (AvgIpc) is 2.45. The molecule has 21 heavy (non-hydrogen) atoms. The van der Waals surface area contributed by atoms with E-state index in [0.717, 1.165) is 17.0 Å². The van der Waals surface area contributed by atoms with Crippen LogP contribution in [-0.2, 0) is 0 Å². The predicted octanol–water partition coefficient (Wildman–Crippen LogP) is 3.65. The number of hydrazone groups is 1. The smallest absolute Gasteiger partial charge is 0.244 e. The van der Waals surface area contributed by atoms with Gasteiger partial charge >= 0.3 is 0 Å². The molecule has 2 rings (SSSR count). The molecule has 1 aromatic carbocycles.